The molecule has 0 radical (unpaired) electrons. The number of rotatable bonds is 2. The molecule has 1 aromatic heterocycles. The molecule has 2 N–H and O–H groups in total. The van der Waals surface area contributed by atoms with Gasteiger partial charge in [-0.25, -0.2) is 4.98 Å². The minimum Gasteiger partial charge on any atom is -0.481 e. The van der Waals surface area contributed by atoms with E-state index in [9.17, 15) is 4.79 Å². The van der Waals surface area contributed by atoms with Crippen LogP contribution in [0.25, 0.3) is 0 Å². The monoisotopic (exact) mass is 167 g/mol. The van der Waals surface area contributed by atoms with Crippen LogP contribution in [-0.4, -0.2) is 26.3 Å². The van der Waals surface area contributed by atoms with Crippen molar-refractivity contribution in [2.24, 2.45) is 5.92 Å². The minimum atomic E-state index is -0.734. The Bertz CT molecular complexity index is 283. The van der Waals surface area contributed by atoms with Gasteiger partial charge in [0.05, 0.1) is 5.92 Å². The molecule has 12 heavy (non-hydrogen) atoms. The summed E-state index contributed by atoms with van der Waals surface area (Å²) in [6, 6.07) is 0. The van der Waals surface area contributed by atoms with E-state index in [0.717, 1.165) is 12.8 Å². The molecule has 0 spiro atoms. The van der Waals surface area contributed by atoms with Gasteiger partial charge in [-0.1, -0.05) is 0 Å². The standard InChI is InChI=1S/C7H9N3O2/c11-7(12)5-2-1-4(5)6-8-3-9-10-6/h3-5H,1-2H2,(H,11,12)(H,8,9,10)/t4-,5+/m0/s1. The molecule has 5 nitrogen and oxygen atoms in total. The van der Waals surface area contributed by atoms with Crippen LogP contribution >= 0.6 is 0 Å². The van der Waals surface area contributed by atoms with Gasteiger partial charge in [0.1, 0.15) is 12.2 Å². The van der Waals surface area contributed by atoms with E-state index in [1.807, 2.05) is 0 Å². The van der Waals surface area contributed by atoms with Gasteiger partial charge in [-0.3, -0.25) is 9.89 Å². The van der Waals surface area contributed by atoms with Crippen LogP contribution in [0.15, 0.2) is 6.33 Å². The lowest BCUT2D eigenvalue weighted by atomic mass is 9.73. The molecule has 1 fully saturated rings. The van der Waals surface area contributed by atoms with Gasteiger partial charge in [0.2, 0.25) is 0 Å². The zero-order valence-corrected chi connectivity index (χ0v) is 6.40. The van der Waals surface area contributed by atoms with Crippen LogP contribution in [0.4, 0.5) is 0 Å². The number of carboxylic acids is 1. The largest absolute Gasteiger partial charge is 0.481 e. The van der Waals surface area contributed by atoms with Gasteiger partial charge in [0.15, 0.2) is 0 Å². The normalized spacial score (nSPS) is 28.0. The van der Waals surface area contributed by atoms with E-state index >= 15 is 0 Å². The SMILES string of the molecule is O=C(O)[C@@H]1CC[C@@H]1c1ncn[nH]1. The van der Waals surface area contributed by atoms with Crippen LogP contribution in [0.1, 0.15) is 24.6 Å². The molecular formula is C7H9N3O2. The lowest BCUT2D eigenvalue weighted by Crippen LogP contribution is -2.31. The highest BCUT2D eigenvalue weighted by molar-refractivity contribution is 5.72. The number of carbonyl (C=O) groups is 1. The van der Waals surface area contributed by atoms with E-state index in [-0.39, 0.29) is 11.8 Å². The molecule has 1 saturated carbocycles. The van der Waals surface area contributed by atoms with Gasteiger partial charge in [-0.15, -0.1) is 0 Å². The fraction of sp³-hybridized carbons (Fsp3) is 0.571. The lowest BCUT2D eigenvalue weighted by Gasteiger charge is -2.31. The van der Waals surface area contributed by atoms with Crippen molar-refractivity contribution in [2.45, 2.75) is 18.8 Å². The number of nitrogens with zero attached hydrogens (tertiary/aromatic N) is 2. The van der Waals surface area contributed by atoms with E-state index in [2.05, 4.69) is 15.2 Å². The second-order valence-electron chi connectivity index (χ2n) is 3.00. The highest BCUT2D eigenvalue weighted by atomic mass is 16.4. The number of aromatic amines is 1. The van der Waals surface area contributed by atoms with Gasteiger partial charge >= 0.3 is 5.97 Å². The molecule has 1 aromatic rings. The molecule has 1 aliphatic rings. The van der Waals surface area contributed by atoms with Gasteiger partial charge in [0, 0.05) is 5.92 Å². The Morgan fingerprint density at radius 1 is 1.67 bits per heavy atom. The van der Waals surface area contributed by atoms with Crippen molar-refractivity contribution in [3.63, 3.8) is 0 Å². The second kappa shape index (κ2) is 2.58. The molecule has 0 unspecified atom stereocenters. The molecular weight excluding hydrogens is 158 g/mol. The summed E-state index contributed by atoms with van der Waals surface area (Å²) in [7, 11) is 0. The zero-order valence-electron chi connectivity index (χ0n) is 6.40. The minimum absolute atomic E-state index is 0.0463. The van der Waals surface area contributed by atoms with Crippen molar-refractivity contribution >= 4 is 5.97 Å². The fourth-order valence-electron chi connectivity index (χ4n) is 1.52. The third kappa shape index (κ3) is 0.975. The average molecular weight is 167 g/mol. The predicted octanol–water partition coefficient (Wildman–Crippen LogP) is 0.383. The van der Waals surface area contributed by atoms with Gasteiger partial charge in [0.25, 0.3) is 0 Å². The summed E-state index contributed by atoms with van der Waals surface area (Å²) in [4.78, 5) is 14.6. The highest BCUT2D eigenvalue weighted by Gasteiger charge is 2.39. The summed E-state index contributed by atoms with van der Waals surface area (Å²) in [6.45, 7) is 0. The molecule has 0 aliphatic heterocycles. The first kappa shape index (κ1) is 7.27. The Morgan fingerprint density at radius 3 is 2.92 bits per heavy atom. The average Bonchev–Trinajstić information content (AvgIpc) is 2.35. The molecule has 0 bridgehead atoms. The number of hydrogen-bond acceptors (Lipinski definition) is 3. The van der Waals surface area contributed by atoms with Gasteiger partial charge in [-0.2, -0.15) is 5.10 Å². The molecule has 0 aromatic carbocycles. The Balaban J connectivity index is 2.12. The summed E-state index contributed by atoms with van der Waals surface area (Å²) in [5.74, 6) is -0.251. The molecule has 1 heterocycles. The Hall–Kier alpha value is -1.39. The quantitative estimate of drug-likeness (QED) is 0.667. The molecule has 1 aliphatic carbocycles. The molecule has 64 valence electrons. The van der Waals surface area contributed by atoms with Crippen molar-refractivity contribution < 1.29 is 9.90 Å². The van der Waals surface area contributed by atoms with E-state index in [4.69, 9.17) is 5.11 Å². The van der Waals surface area contributed by atoms with E-state index < -0.39 is 5.97 Å². The number of hydrogen-bond donors (Lipinski definition) is 2. The van der Waals surface area contributed by atoms with Crippen LogP contribution in [0.2, 0.25) is 0 Å². The van der Waals surface area contributed by atoms with Crippen molar-refractivity contribution in [3.05, 3.63) is 12.2 Å². The van der Waals surface area contributed by atoms with E-state index in [0.29, 0.717) is 5.82 Å². The molecule has 5 heteroatoms. The third-order valence-electron chi connectivity index (χ3n) is 2.38. The van der Waals surface area contributed by atoms with Crippen LogP contribution in [-0.2, 0) is 4.79 Å². The van der Waals surface area contributed by atoms with Crippen LogP contribution < -0.4 is 0 Å². The van der Waals surface area contributed by atoms with Gasteiger partial charge < -0.3 is 5.11 Å². The van der Waals surface area contributed by atoms with E-state index in [1.165, 1.54) is 6.33 Å². The lowest BCUT2D eigenvalue weighted by molar-refractivity contribution is -0.145. The maximum absolute atomic E-state index is 10.6. The van der Waals surface area contributed by atoms with Crippen molar-refractivity contribution in [3.8, 4) is 0 Å². The fourth-order valence-corrected chi connectivity index (χ4v) is 1.52. The van der Waals surface area contributed by atoms with Gasteiger partial charge in [-0.05, 0) is 12.8 Å². The molecule has 2 atom stereocenters. The number of aliphatic carboxylic acids is 1. The summed E-state index contributed by atoms with van der Waals surface area (Å²) < 4.78 is 0. The first-order chi connectivity index (χ1) is 5.79. The first-order valence-electron chi connectivity index (χ1n) is 3.87. The smallest absolute Gasteiger partial charge is 0.307 e. The number of aromatic nitrogens is 3. The highest BCUT2D eigenvalue weighted by Crippen LogP contribution is 2.40. The number of carboxylic acid groups (broad SMARTS) is 1. The number of H-pyrrole nitrogens is 1. The topological polar surface area (TPSA) is 78.9 Å². The van der Waals surface area contributed by atoms with Crippen molar-refractivity contribution in [2.75, 3.05) is 0 Å². The number of nitrogens with one attached hydrogen (secondary N) is 1. The first-order valence-corrected chi connectivity index (χ1v) is 3.87. The van der Waals surface area contributed by atoms with Crippen LogP contribution in [0.5, 0.6) is 0 Å². The summed E-state index contributed by atoms with van der Waals surface area (Å²) >= 11 is 0. The summed E-state index contributed by atoms with van der Waals surface area (Å²) in [5, 5.41) is 15.1. The molecule has 2 rings (SSSR count). The molecule has 0 amide bonds. The zero-order chi connectivity index (χ0) is 8.55. The second-order valence-corrected chi connectivity index (χ2v) is 3.00. The molecule has 0 saturated heterocycles. The Labute approximate surface area is 68.8 Å². The van der Waals surface area contributed by atoms with Crippen molar-refractivity contribution in [1.82, 2.24) is 15.2 Å². The Morgan fingerprint density at radius 2 is 2.50 bits per heavy atom. The Kier molecular flexibility index (Phi) is 1.56. The van der Waals surface area contributed by atoms with Crippen LogP contribution in [0, 0.1) is 5.92 Å². The van der Waals surface area contributed by atoms with Crippen molar-refractivity contribution in [1.29, 1.82) is 0 Å². The summed E-state index contributed by atoms with van der Waals surface area (Å²) in [6.07, 6.45) is 3.05. The van der Waals surface area contributed by atoms with Crippen LogP contribution in [0.3, 0.4) is 0 Å². The predicted molar refractivity (Wildman–Crippen MR) is 39.5 cm³/mol. The third-order valence-corrected chi connectivity index (χ3v) is 2.38. The van der Waals surface area contributed by atoms with E-state index in [1.54, 1.807) is 0 Å². The maximum Gasteiger partial charge on any atom is 0.307 e. The maximum atomic E-state index is 10.6. The summed E-state index contributed by atoms with van der Waals surface area (Å²) in [5.41, 5.74) is 0.